The fourth-order valence-corrected chi connectivity index (χ4v) is 1.35. The van der Waals surface area contributed by atoms with Gasteiger partial charge in [-0.15, -0.1) is 0 Å². The molecule has 1 atom stereocenters. The predicted molar refractivity (Wildman–Crippen MR) is 57.8 cm³/mol. The maximum atomic E-state index is 11.2. The monoisotopic (exact) mass is 222 g/mol. The summed E-state index contributed by atoms with van der Waals surface area (Å²) in [5.41, 5.74) is 1.30. The highest BCUT2D eigenvalue weighted by Crippen LogP contribution is 2.19. The Labute approximate surface area is 93.7 Å². The summed E-state index contributed by atoms with van der Waals surface area (Å²) in [5, 5.41) is 9.09. The van der Waals surface area contributed by atoms with Gasteiger partial charge in [-0.25, -0.2) is 4.79 Å². The number of likely N-dealkylation sites (N-methyl/N-ethyl adjacent to an activating group) is 1. The van der Waals surface area contributed by atoms with E-state index in [-0.39, 0.29) is 5.91 Å². The standard InChI is InChI=1S/C11H14N2O3/c1-7-4-5-9(6-12-7)10(11(15)16)13(3)8(2)14/h4-6,10H,1-3H3,(H,15,16). The van der Waals surface area contributed by atoms with Gasteiger partial charge in [0, 0.05) is 31.4 Å². The largest absolute Gasteiger partial charge is 0.479 e. The van der Waals surface area contributed by atoms with Crippen LogP contribution < -0.4 is 0 Å². The lowest BCUT2D eigenvalue weighted by atomic mass is 10.1. The molecule has 1 N–H and O–H groups in total. The van der Waals surface area contributed by atoms with Crippen LogP contribution in [0.15, 0.2) is 18.3 Å². The quantitative estimate of drug-likeness (QED) is 0.828. The highest BCUT2D eigenvalue weighted by molar-refractivity contribution is 5.83. The van der Waals surface area contributed by atoms with Gasteiger partial charge in [-0.1, -0.05) is 6.07 Å². The summed E-state index contributed by atoms with van der Waals surface area (Å²) in [5.74, 6) is -1.36. The van der Waals surface area contributed by atoms with Crippen molar-refractivity contribution < 1.29 is 14.7 Å². The van der Waals surface area contributed by atoms with Gasteiger partial charge in [-0.2, -0.15) is 0 Å². The van der Waals surface area contributed by atoms with Crippen LogP contribution in [0.3, 0.4) is 0 Å². The molecule has 0 aromatic carbocycles. The van der Waals surface area contributed by atoms with E-state index in [9.17, 15) is 9.59 Å². The number of carbonyl (C=O) groups excluding carboxylic acids is 1. The fourth-order valence-electron chi connectivity index (χ4n) is 1.35. The van der Waals surface area contributed by atoms with Gasteiger partial charge in [0.1, 0.15) is 0 Å². The molecule has 1 aromatic heterocycles. The summed E-state index contributed by atoms with van der Waals surface area (Å²) in [7, 11) is 1.46. The zero-order valence-corrected chi connectivity index (χ0v) is 9.47. The Morgan fingerprint density at radius 3 is 2.44 bits per heavy atom. The molecule has 0 fully saturated rings. The van der Waals surface area contributed by atoms with E-state index in [2.05, 4.69) is 4.98 Å². The first-order chi connectivity index (χ1) is 7.43. The first-order valence-electron chi connectivity index (χ1n) is 4.82. The van der Waals surface area contributed by atoms with Crippen molar-refractivity contribution in [1.82, 2.24) is 9.88 Å². The van der Waals surface area contributed by atoms with Crippen molar-refractivity contribution in [2.24, 2.45) is 0 Å². The Hall–Kier alpha value is -1.91. The van der Waals surface area contributed by atoms with E-state index < -0.39 is 12.0 Å². The molecule has 0 aliphatic rings. The van der Waals surface area contributed by atoms with Gasteiger partial charge in [0.15, 0.2) is 6.04 Å². The number of rotatable bonds is 3. The number of pyridine rings is 1. The highest BCUT2D eigenvalue weighted by Gasteiger charge is 2.26. The Balaban J connectivity index is 3.07. The van der Waals surface area contributed by atoms with Gasteiger partial charge in [0.2, 0.25) is 5.91 Å². The van der Waals surface area contributed by atoms with Gasteiger partial charge in [-0.05, 0) is 13.0 Å². The predicted octanol–water partition coefficient (Wildman–Crippen LogP) is 0.994. The zero-order chi connectivity index (χ0) is 12.3. The van der Waals surface area contributed by atoms with E-state index in [1.807, 2.05) is 6.92 Å². The third-order valence-electron chi connectivity index (χ3n) is 2.37. The number of carbonyl (C=O) groups is 2. The number of hydrogen-bond donors (Lipinski definition) is 1. The molecule has 1 heterocycles. The molecule has 1 aromatic rings. The summed E-state index contributed by atoms with van der Waals surface area (Å²) in [6, 6.07) is 2.41. The number of aromatic nitrogens is 1. The summed E-state index contributed by atoms with van der Waals surface area (Å²) in [4.78, 5) is 27.5. The second kappa shape index (κ2) is 4.74. The van der Waals surface area contributed by atoms with Crippen LogP contribution in [0.25, 0.3) is 0 Å². The number of carboxylic acids is 1. The van der Waals surface area contributed by atoms with Crippen LogP contribution in [0, 0.1) is 6.92 Å². The molecule has 5 heteroatoms. The van der Waals surface area contributed by atoms with Crippen molar-refractivity contribution in [2.45, 2.75) is 19.9 Å². The normalized spacial score (nSPS) is 11.9. The molecule has 0 bridgehead atoms. The lowest BCUT2D eigenvalue weighted by Gasteiger charge is -2.23. The molecule has 1 unspecified atom stereocenters. The van der Waals surface area contributed by atoms with Crippen molar-refractivity contribution in [3.8, 4) is 0 Å². The number of nitrogens with zero attached hydrogens (tertiary/aromatic N) is 2. The minimum absolute atomic E-state index is 0.298. The number of hydrogen-bond acceptors (Lipinski definition) is 3. The fraction of sp³-hybridized carbons (Fsp3) is 0.364. The van der Waals surface area contributed by atoms with E-state index in [0.29, 0.717) is 5.56 Å². The SMILES string of the molecule is CC(=O)N(C)C(C(=O)O)c1ccc(C)nc1. The molecule has 1 amide bonds. The molecule has 0 spiro atoms. The average Bonchev–Trinajstić information content (AvgIpc) is 2.20. The van der Waals surface area contributed by atoms with Crippen LogP contribution in [0.4, 0.5) is 0 Å². The first kappa shape index (κ1) is 12.2. The molecular formula is C11H14N2O3. The van der Waals surface area contributed by atoms with Crippen molar-refractivity contribution in [2.75, 3.05) is 7.05 Å². The molecule has 86 valence electrons. The van der Waals surface area contributed by atoms with E-state index in [1.54, 1.807) is 12.1 Å². The molecule has 1 rings (SSSR count). The molecule has 0 aliphatic heterocycles. The van der Waals surface area contributed by atoms with Gasteiger partial charge >= 0.3 is 5.97 Å². The number of aryl methyl sites for hydroxylation is 1. The molecule has 0 saturated heterocycles. The topological polar surface area (TPSA) is 70.5 Å². The number of carboxylic acid groups (broad SMARTS) is 1. The minimum Gasteiger partial charge on any atom is -0.479 e. The second-order valence-electron chi connectivity index (χ2n) is 3.60. The maximum absolute atomic E-state index is 11.2. The van der Waals surface area contributed by atoms with E-state index in [0.717, 1.165) is 5.69 Å². The average molecular weight is 222 g/mol. The first-order valence-corrected chi connectivity index (χ1v) is 4.82. The summed E-state index contributed by atoms with van der Waals surface area (Å²) in [6.45, 7) is 3.14. The third kappa shape index (κ3) is 2.56. The Morgan fingerprint density at radius 1 is 1.44 bits per heavy atom. The van der Waals surface area contributed by atoms with Gasteiger partial charge in [-0.3, -0.25) is 9.78 Å². The van der Waals surface area contributed by atoms with Crippen molar-refractivity contribution in [1.29, 1.82) is 0 Å². The van der Waals surface area contributed by atoms with Crippen LogP contribution in [0.2, 0.25) is 0 Å². The smallest absolute Gasteiger partial charge is 0.331 e. The number of amides is 1. The Bertz CT molecular complexity index is 400. The molecule has 0 saturated carbocycles. The van der Waals surface area contributed by atoms with E-state index in [1.165, 1.54) is 25.1 Å². The van der Waals surface area contributed by atoms with Crippen molar-refractivity contribution in [3.63, 3.8) is 0 Å². The van der Waals surface area contributed by atoms with Crippen LogP contribution in [-0.2, 0) is 9.59 Å². The van der Waals surface area contributed by atoms with Crippen LogP contribution >= 0.6 is 0 Å². The van der Waals surface area contributed by atoms with Crippen LogP contribution in [-0.4, -0.2) is 33.9 Å². The van der Waals surface area contributed by atoms with E-state index in [4.69, 9.17) is 5.11 Å². The van der Waals surface area contributed by atoms with Crippen LogP contribution in [0.1, 0.15) is 24.2 Å². The highest BCUT2D eigenvalue weighted by atomic mass is 16.4. The summed E-state index contributed by atoms with van der Waals surface area (Å²) < 4.78 is 0. The third-order valence-corrected chi connectivity index (χ3v) is 2.37. The Morgan fingerprint density at radius 2 is 2.06 bits per heavy atom. The second-order valence-corrected chi connectivity index (χ2v) is 3.60. The van der Waals surface area contributed by atoms with Crippen LogP contribution in [0.5, 0.6) is 0 Å². The molecule has 5 nitrogen and oxygen atoms in total. The van der Waals surface area contributed by atoms with Gasteiger partial charge in [0.05, 0.1) is 0 Å². The zero-order valence-electron chi connectivity index (χ0n) is 9.47. The van der Waals surface area contributed by atoms with E-state index >= 15 is 0 Å². The lowest BCUT2D eigenvalue weighted by molar-refractivity contribution is -0.148. The minimum atomic E-state index is -1.07. The molecule has 0 aliphatic carbocycles. The molecule has 16 heavy (non-hydrogen) atoms. The van der Waals surface area contributed by atoms with Crippen molar-refractivity contribution >= 4 is 11.9 Å². The molecule has 0 radical (unpaired) electrons. The lowest BCUT2D eigenvalue weighted by Crippen LogP contribution is -2.34. The Kier molecular flexibility index (Phi) is 3.60. The maximum Gasteiger partial charge on any atom is 0.331 e. The summed E-state index contributed by atoms with van der Waals surface area (Å²) >= 11 is 0. The molecular weight excluding hydrogens is 208 g/mol. The van der Waals surface area contributed by atoms with Gasteiger partial charge < -0.3 is 10.0 Å². The van der Waals surface area contributed by atoms with Crippen molar-refractivity contribution in [3.05, 3.63) is 29.6 Å². The summed E-state index contributed by atoms with van der Waals surface area (Å²) in [6.07, 6.45) is 1.48. The van der Waals surface area contributed by atoms with Gasteiger partial charge in [0.25, 0.3) is 0 Å². The number of aliphatic carboxylic acids is 1.